The van der Waals surface area contributed by atoms with Crippen LogP contribution in [0.3, 0.4) is 0 Å². The van der Waals surface area contributed by atoms with Gasteiger partial charge >= 0.3 is 0 Å². The van der Waals surface area contributed by atoms with Gasteiger partial charge in [-0.25, -0.2) is 0 Å². The van der Waals surface area contributed by atoms with Gasteiger partial charge in [0.05, 0.1) is 12.6 Å². The van der Waals surface area contributed by atoms with Crippen molar-refractivity contribution in [1.29, 1.82) is 0 Å². The Morgan fingerprint density at radius 3 is 2.50 bits per heavy atom. The van der Waals surface area contributed by atoms with Gasteiger partial charge in [0.1, 0.15) is 0 Å². The molecule has 1 aliphatic rings. The molecule has 1 unspecified atom stereocenters. The molecule has 1 fully saturated rings. The minimum atomic E-state index is -0.252. The monoisotopic (exact) mass is 228 g/mol. The highest BCUT2D eigenvalue weighted by atomic mass is 16.3. The third kappa shape index (κ3) is 3.19. The van der Waals surface area contributed by atoms with Gasteiger partial charge in [-0.1, -0.05) is 6.92 Å². The fourth-order valence-corrected chi connectivity index (χ4v) is 2.40. The molecule has 3 N–H and O–H groups in total. The maximum Gasteiger partial charge on any atom is 0.236 e. The van der Waals surface area contributed by atoms with E-state index in [9.17, 15) is 9.90 Å². The summed E-state index contributed by atoms with van der Waals surface area (Å²) in [6.07, 6.45) is 4.14. The number of amides is 1. The summed E-state index contributed by atoms with van der Waals surface area (Å²) in [6.45, 7) is 4.19. The summed E-state index contributed by atoms with van der Waals surface area (Å²) in [4.78, 5) is 11.5. The number of hydrogen-bond donors (Lipinski definition) is 3. The summed E-state index contributed by atoms with van der Waals surface area (Å²) in [6, 6.07) is -0.245. The molecule has 0 spiro atoms. The van der Waals surface area contributed by atoms with Crippen molar-refractivity contribution in [2.45, 2.75) is 51.1 Å². The zero-order valence-corrected chi connectivity index (χ0v) is 10.5. The Balaban J connectivity index is 2.57. The van der Waals surface area contributed by atoms with E-state index < -0.39 is 0 Å². The van der Waals surface area contributed by atoms with Crippen molar-refractivity contribution in [3.05, 3.63) is 0 Å². The molecule has 1 atom stereocenters. The highest BCUT2D eigenvalue weighted by Crippen LogP contribution is 2.31. The normalized spacial score (nSPS) is 32.1. The van der Waals surface area contributed by atoms with E-state index in [2.05, 4.69) is 17.6 Å². The van der Waals surface area contributed by atoms with E-state index in [0.29, 0.717) is 0 Å². The van der Waals surface area contributed by atoms with Crippen LogP contribution in [0.1, 0.15) is 39.5 Å². The van der Waals surface area contributed by atoms with Crippen LogP contribution in [0.25, 0.3) is 0 Å². The molecule has 0 aromatic carbocycles. The molecule has 0 heterocycles. The van der Waals surface area contributed by atoms with Crippen molar-refractivity contribution in [3.63, 3.8) is 0 Å². The summed E-state index contributed by atoms with van der Waals surface area (Å²) >= 11 is 0. The van der Waals surface area contributed by atoms with Gasteiger partial charge in [0.2, 0.25) is 5.91 Å². The van der Waals surface area contributed by atoms with Gasteiger partial charge in [-0.2, -0.15) is 0 Å². The molecule has 4 heteroatoms. The number of carbonyl (C=O) groups excluding carboxylic acids is 1. The second-order valence-electron chi connectivity index (χ2n) is 5.10. The van der Waals surface area contributed by atoms with Gasteiger partial charge in [0.25, 0.3) is 0 Å². The predicted octanol–water partition coefficient (Wildman–Crippen LogP) is 0.652. The lowest BCUT2D eigenvalue weighted by Gasteiger charge is -2.40. The number of nitrogens with one attached hydrogen (secondary N) is 2. The smallest absolute Gasteiger partial charge is 0.236 e. The van der Waals surface area contributed by atoms with E-state index >= 15 is 0 Å². The van der Waals surface area contributed by atoms with Crippen LogP contribution in [-0.2, 0) is 4.79 Å². The van der Waals surface area contributed by atoms with E-state index in [1.165, 1.54) is 0 Å². The SMILES string of the molecule is CNC(=O)C(C)NC1(CO)CCC(C)CC1. The zero-order chi connectivity index (χ0) is 12.2. The number of carbonyl (C=O) groups is 1. The molecule has 94 valence electrons. The highest BCUT2D eigenvalue weighted by Gasteiger charge is 2.35. The van der Waals surface area contributed by atoms with E-state index in [-0.39, 0.29) is 24.1 Å². The maximum atomic E-state index is 11.5. The highest BCUT2D eigenvalue weighted by molar-refractivity contribution is 5.81. The van der Waals surface area contributed by atoms with Crippen LogP contribution < -0.4 is 10.6 Å². The van der Waals surface area contributed by atoms with E-state index in [4.69, 9.17) is 0 Å². The van der Waals surface area contributed by atoms with Crippen molar-refractivity contribution in [2.75, 3.05) is 13.7 Å². The van der Waals surface area contributed by atoms with Crippen LogP contribution in [0, 0.1) is 5.92 Å². The molecule has 0 radical (unpaired) electrons. The van der Waals surface area contributed by atoms with Gasteiger partial charge in [0, 0.05) is 12.6 Å². The Morgan fingerprint density at radius 1 is 1.50 bits per heavy atom. The molecule has 1 aliphatic carbocycles. The lowest BCUT2D eigenvalue weighted by Crippen LogP contribution is -2.57. The summed E-state index contributed by atoms with van der Waals surface area (Å²) < 4.78 is 0. The van der Waals surface area contributed by atoms with Crippen LogP contribution in [0.5, 0.6) is 0 Å². The Bertz CT molecular complexity index is 235. The molecule has 1 rings (SSSR count). The average molecular weight is 228 g/mol. The minimum absolute atomic E-state index is 0.0218. The standard InChI is InChI=1S/C12H24N2O2/c1-9-4-6-12(8-15,7-5-9)14-10(2)11(16)13-3/h9-10,14-15H,4-8H2,1-3H3,(H,13,16). The molecular formula is C12H24N2O2. The van der Waals surface area contributed by atoms with Crippen LogP contribution in [-0.4, -0.2) is 36.2 Å². The largest absolute Gasteiger partial charge is 0.394 e. The fraction of sp³-hybridized carbons (Fsp3) is 0.917. The molecule has 0 saturated heterocycles. The topological polar surface area (TPSA) is 61.4 Å². The fourth-order valence-electron chi connectivity index (χ4n) is 2.40. The summed E-state index contributed by atoms with van der Waals surface area (Å²) in [7, 11) is 1.63. The minimum Gasteiger partial charge on any atom is -0.394 e. The maximum absolute atomic E-state index is 11.5. The molecule has 16 heavy (non-hydrogen) atoms. The number of rotatable bonds is 4. The first-order valence-electron chi connectivity index (χ1n) is 6.13. The molecule has 4 nitrogen and oxygen atoms in total. The number of hydrogen-bond acceptors (Lipinski definition) is 3. The molecule has 1 amide bonds. The Kier molecular flexibility index (Phi) is 4.74. The molecule has 0 aromatic rings. The van der Waals surface area contributed by atoms with Crippen LogP contribution in [0.15, 0.2) is 0 Å². The Hall–Kier alpha value is -0.610. The van der Waals surface area contributed by atoms with Gasteiger partial charge in [-0.3, -0.25) is 10.1 Å². The average Bonchev–Trinajstić information content (AvgIpc) is 2.31. The summed E-state index contributed by atoms with van der Waals surface area (Å²) in [5, 5.41) is 15.4. The van der Waals surface area contributed by atoms with Crippen LogP contribution >= 0.6 is 0 Å². The zero-order valence-electron chi connectivity index (χ0n) is 10.5. The third-order valence-corrected chi connectivity index (χ3v) is 3.70. The van der Waals surface area contributed by atoms with E-state index in [1.54, 1.807) is 7.05 Å². The summed E-state index contributed by atoms with van der Waals surface area (Å²) in [5.41, 5.74) is -0.252. The first-order chi connectivity index (χ1) is 7.53. The van der Waals surface area contributed by atoms with Crippen molar-refractivity contribution in [1.82, 2.24) is 10.6 Å². The molecule has 0 aromatic heterocycles. The van der Waals surface area contributed by atoms with Gasteiger partial charge in [-0.05, 0) is 38.5 Å². The molecule has 0 bridgehead atoms. The van der Waals surface area contributed by atoms with Gasteiger partial charge < -0.3 is 10.4 Å². The second-order valence-corrected chi connectivity index (χ2v) is 5.10. The third-order valence-electron chi connectivity index (χ3n) is 3.70. The Labute approximate surface area is 97.8 Å². The lowest BCUT2D eigenvalue weighted by molar-refractivity contribution is -0.123. The second kappa shape index (κ2) is 5.64. The summed E-state index contributed by atoms with van der Waals surface area (Å²) in [5.74, 6) is 0.711. The van der Waals surface area contributed by atoms with Crippen LogP contribution in [0.2, 0.25) is 0 Å². The lowest BCUT2D eigenvalue weighted by atomic mass is 9.77. The molecular weight excluding hydrogens is 204 g/mol. The molecule has 1 saturated carbocycles. The first kappa shape index (κ1) is 13.5. The van der Waals surface area contributed by atoms with Gasteiger partial charge in [0.15, 0.2) is 0 Å². The van der Waals surface area contributed by atoms with Crippen molar-refractivity contribution in [2.24, 2.45) is 5.92 Å². The van der Waals surface area contributed by atoms with Crippen molar-refractivity contribution < 1.29 is 9.90 Å². The Morgan fingerprint density at radius 2 is 2.06 bits per heavy atom. The van der Waals surface area contributed by atoms with Gasteiger partial charge in [-0.15, -0.1) is 0 Å². The number of aliphatic hydroxyl groups excluding tert-OH is 1. The van der Waals surface area contributed by atoms with Crippen molar-refractivity contribution in [3.8, 4) is 0 Å². The van der Waals surface area contributed by atoms with E-state index in [1.807, 2.05) is 6.92 Å². The number of likely N-dealkylation sites (N-methyl/N-ethyl adjacent to an activating group) is 1. The predicted molar refractivity (Wildman–Crippen MR) is 64.1 cm³/mol. The number of aliphatic hydroxyl groups is 1. The van der Waals surface area contributed by atoms with Crippen LogP contribution in [0.4, 0.5) is 0 Å². The molecule has 0 aliphatic heterocycles. The van der Waals surface area contributed by atoms with E-state index in [0.717, 1.165) is 31.6 Å². The van der Waals surface area contributed by atoms with Crippen molar-refractivity contribution >= 4 is 5.91 Å². The quantitative estimate of drug-likeness (QED) is 0.662. The first-order valence-corrected chi connectivity index (χ1v) is 6.13.